The molecule has 0 aliphatic carbocycles. The second-order valence-corrected chi connectivity index (χ2v) is 3.82. The molecule has 0 N–H and O–H groups in total. The Balaban J connectivity index is 3.08. The Morgan fingerprint density at radius 1 is 1.26 bits per heavy atom. The van der Waals surface area contributed by atoms with Gasteiger partial charge in [0, 0.05) is 6.42 Å². The van der Waals surface area contributed by atoms with Crippen molar-refractivity contribution < 1.29 is 23.8 Å². The topological polar surface area (TPSA) is 61.8 Å². The third kappa shape index (κ3) is 3.71. The lowest BCUT2D eigenvalue weighted by Gasteiger charge is -2.15. The smallest absolute Gasteiger partial charge is 0.313 e. The van der Waals surface area contributed by atoms with Crippen LogP contribution < -0.4 is 9.47 Å². The quantitative estimate of drug-likeness (QED) is 0.557. The molecule has 0 aromatic heterocycles. The van der Waals surface area contributed by atoms with Crippen LogP contribution in [0.25, 0.3) is 0 Å². The first-order valence-electron chi connectivity index (χ1n) is 6.00. The maximum Gasteiger partial charge on any atom is 0.313 e. The number of carbonyl (C=O) groups is 2. The Labute approximate surface area is 112 Å². The van der Waals surface area contributed by atoms with Crippen molar-refractivity contribution in [2.75, 3.05) is 20.8 Å². The fourth-order valence-electron chi connectivity index (χ4n) is 1.78. The molecule has 0 bridgehead atoms. The van der Waals surface area contributed by atoms with E-state index >= 15 is 0 Å². The van der Waals surface area contributed by atoms with Crippen LogP contribution >= 0.6 is 0 Å². The van der Waals surface area contributed by atoms with Crippen molar-refractivity contribution in [3.05, 3.63) is 23.8 Å². The van der Waals surface area contributed by atoms with E-state index < -0.39 is 11.9 Å². The van der Waals surface area contributed by atoms with E-state index in [1.807, 2.05) is 0 Å². The van der Waals surface area contributed by atoms with Gasteiger partial charge in [0.1, 0.15) is 6.29 Å². The second-order valence-electron chi connectivity index (χ2n) is 3.82. The number of methoxy groups -OCH3 is 2. The van der Waals surface area contributed by atoms with Crippen LogP contribution in [0.2, 0.25) is 0 Å². The summed E-state index contributed by atoms with van der Waals surface area (Å²) in [5.74, 6) is 0.0548. The van der Waals surface area contributed by atoms with Crippen molar-refractivity contribution in [1.82, 2.24) is 0 Å². The monoisotopic (exact) mass is 266 g/mol. The first-order chi connectivity index (χ1) is 9.17. The summed E-state index contributed by atoms with van der Waals surface area (Å²) in [7, 11) is 3.05. The van der Waals surface area contributed by atoms with Gasteiger partial charge in [0.15, 0.2) is 11.5 Å². The number of hydrogen-bond donors (Lipinski definition) is 0. The van der Waals surface area contributed by atoms with E-state index in [1.165, 1.54) is 14.2 Å². The summed E-state index contributed by atoms with van der Waals surface area (Å²) in [5, 5.41) is 0. The van der Waals surface area contributed by atoms with E-state index in [0.29, 0.717) is 23.3 Å². The van der Waals surface area contributed by atoms with Crippen molar-refractivity contribution in [1.29, 1.82) is 0 Å². The average molecular weight is 266 g/mol. The summed E-state index contributed by atoms with van der Waals surface area (Å²) in [4.78, 5) is 22.5. The van der Waals surface area contributed by atoms with Crippen molar-refractivity contribution >= 4 is 12.3 Å². The standard InChI is InChI=1S/C14H18O5/c1-4-19-14(16)11(7-8-15)10-5-6-12(17-2)13(9-10)18-3/h5-6,8-9,11H,4,7H2,1-3H3. The predicted octanol–water partition coefficient (Wildman–Crippen LogP) is 1.94. The van der Waals surface area contributed by atoms with E-state index in [9.17, 15) is 9.59 Å². The largest absolute Gasteiger partial charge is 0.493 e. The first kappa shape index (κ1) is 15.0. The van der Waals surface area contributed by atoms with Gasteiger partial charge in [0.25, 0.3) is 0 Å². The minimum absolute atomic E-state index is 0.0777. The van der Waals surface area contributed by atoms with Gasteiger partial charge in [0.2, 0.25) is 0 Å². The Kier molecular flexibility index (Phi) is 5.85. The lowest BCUT2D eigenvalue weighted by Crippen LogP contribution is -2.16. The highest BCUT2D eigenvalue weighted by Gasteiger charge is 2.22. The Hall–Kier alpha value is -2.04. The minimum atomic E-state index is -0.614. The van der Waals surface area contributed by atoms with Gasteiger partial charge < -0.3 is 19.0 Å². The number of benzene rings is 1. The van der Waals surface area contributed by atoms with Crippen LogP contribution in [0.4, 0.5) is 0 Å². The highest BCUT2D eigenvalue weighted by Crippen LogP contribution is 2.32. The molecule has 0 fully saturated rings. The fourth-order valence-corrected chi connectivity index (χ4v) is 1.78. The highest BCUT2D eigenvalue weighted by atomic mass is 16.5. The molecule has 104 valence electrons. The van der Waals surface area contributed by atoms with Crippen LogP contribution in [-0.2, 0) is 14.3 Å². The van der Waals surface area contributed by atoms with Gasteiger partial charge in [-0.3, -0.25) is 4.79 Å². The lowest BCUT2D eigenvalue weighted by molar-refractivity contribution is -0.145. The Morgan fingerprint density at radius 2 is 1.95 bits per heavy atom. The molecule has 1 atom stereocenters. The molecule has 1 rings (SSSR count). The molecule has 0 saturated heterocycles. The van der Waals surface area contributed by atoms with E-state index in [4.69, 9.17) is 14.2 Å². The summed E-state index contributed by atoms with van der Waals surface area (Å²) in [5.41, 5.74) is 0.670. The molecule has 0 aliphatic heterocycles. The minimum Gasteiger partial charge on any atom is -0.493 e. The van der Waals surface area contributed by atoms with E-state index in [1.54, 1.807) is 25.1 Å². The van der Waals surface area contributed by atoms with Crippen LogP contribution in [0.5, 0.6) is 11.5 Å². The van der Waals surface area contributed by atoms with Crippen LogP contribution in [-0.4, -0.2) is 33.1 Å². The molecule has 0 amide bonds. The maximum atomic E-state index is 11.8. The molecule has 0 spiro atoms. The van der Waals surface area contributed by atoms with Crippen molar-refractivity contribution in [2.45, 2.75) is 19.3 Å². The van der Waals surface area contributed by atoms with Crippen molar-refractivity contribution in [3.63, 3.8) is 0 Å². The van der Waals surface area contributed by atoms with Crippen LogP contribution in [0.1, 0.15) is 24.8 Å². The molecule has 5 nitrogen and oxygen atoms in total. The molecule has 0 radical (unpaired) electrons. The van der Waals surface area contributed by atoms with Crippen LogP contribution in [0, 0.1) is 0 Å². The van der Waals surface area contributed by atoms with Gasteiger partial charge in [-0.05, 0) is 24.6 Å². The number of ether oxygens (including phenoxy) is 3. The zero-order valence-corrected chi connectivity index (χ0v) is 11.3. The fraction of sp³-hybridized carbons (Fsp3) is 0.429. The number of hydrogen-bond acceptors (Lipinski definition) is 5. The van der Waals surface area contributed by atoms with Crippen LogP contribution in [0.15, 0.2) is 18.2 Å². The zero-order valence-electron chi connectivity index (χ0n) is 11.3. The van der Waals surface area contributed by atoms with E-state index in [-0.39, 0.29) is 13.0 Å². The van der Waals surface area contributed by atoms with E-state index in [2.05, 4.69) is 0 Å². The molecule has 1 aromatic carbocycles. The molecule has 5 heteroatoms. The molecule has 0 aliphatic rings. The van der Waals surface area contributed by atoms with Crippen LogP contribution in [0.3, 0.4) is 0 Å². The summed E-state index contributed by atoms with van der Waals surface area (Å²) in [6.45, 7) is 2.01. The Morgan fingerprint density at radius 3 is 2.47 bits per heavy atom. The number of carbonyl (C=O) groups excluding carboxylic acids is 2. The lowest BCUT2D eigenvalue weighted by atomic mass is 9.96. The number of aldehydes is 1. The van der Waals surface area contributed by atoms with Gasteiger partial charge in [-0.15, -0.1) is 0 Å². The summed E-state index contributed by atoms with van der Waals surface area (Å²) < 4.78 is 15.3. The van der Waals surface area contributed by atoms with E-state index in [0.717, 1.165) is 0 Å². The van der Waals surface area contributed by atoms with Gasteiger partial charge in [-0.2, -0.15) is 0 Å². The van der Waals surface area contributed by atoms with Gasteiger partial charge in [0.05, 0.1) is 26.7 Å². The molecule has 0 heterocycles. The second kappa shape index (κ2) is 7.41. The highest BCUT2D eigenvalue weighted by molar-refractivity contribution is 5.81. The van der Waals surface area contributed by atoms with Crippen molar-refractivity contribution in [2.24, 2.45) is 0 Å². The molecule has 1 unspecified atom stereocenters. The number of rotatable bonds is 7. The summed E-state index contributed by atoms with van der Waals surface area (Å²) in [6.07, 6.45) is 0.784. The molecule has 19 heavy (non-hydrogen) atoms. The average Bonchev–Trinajstić information content (AvgIpc) is 2.44. The third-order valence-electron chi connectivity index (χ3n) is 2.71. The number of esters is 1. The predicted molar refractivity (Wildman–Crippen MR) is 69.6 cm³/mol. The molecular weight excluding hydrogens is 248 g/mol. The summed E-state index contributed by atoms with van der Waals surface area (Å²) in [6, 6.07) is 5.11. The summed E-state index contributed by atoms with van der Waals surface area (Å²) >= 11 is 0. The normalized spacial score (nSPS) is 11.5. The first-order valence-corrected chi connectivity index (χ1v) is 6.00. The molecule has 0 saturated carbocycles. The zero-order chi connectivity index (χ0) is 14.3. The van der Waals surface area contributed by atoms with Crippen molar-refractivity contribution in [3.8, 4) is 11.5 Å². The Bertz CT molecular complexity index is 441. The molecular formula is C14H18O5. The van der Waals surface area contributed by atoms with Gasteiger partial charge >= 0.3 is 5.97 Å². The van der Waals surface area contributed by atoms with Gasteiger partial charge in [-0.25, -0.2) is 0 Å². The SMILES string of the molecule is CCOC(=O)C(CC=O)c1ccc(OC)c(OC)c1. The van der Waals surface area contributed by atoms with Gasteiger partial charge in [-0.1, -0.05) is 6.07 Å². The molecule has 1 aromatic rings. The maximum absolute atomic E-state index is 11.8. The third-order valence-corrected chi connectivity index (χ3v) is 2.71.